The molecule has 6 heteroatoms. The van der Waals surface area contributed by atoms with Crippen LogP contribution in [0.1, 0.15) is 17.2 Å². The largest absolute Gasteiger partial charge is 0.481 e. The van der Waals surface area contributed by atoms with Gasteiger partial charge in [-0.25, -0.2) is 0 Å². The third kappa shape index (κ3) is 1.86. The predicted molar refractivity (Wildman–Crippen MR) is 68.5 cm³/mol. The van der Waals surface area contributed by atoms with Gasteiger partial charge in [-0.3, -0.25) is 19.4 Å². The normalized spacial score (nSPS) is 18.0. The Morgan fingerprint density at radius 3 is 2.74 bits per heavy atom. The van der Waals surface area contributed by atoms with Crippen LogP contribution in [0.5, 0.6) is 0 Å². The maximum Gasteiger partial charge on any atom is 0.313 e. The number of carboxylic acid groups (broad SMARTS) is 1. The van der Waals surface area contributed by atoms with Crippen molar-refractivity contribution < 1.29 is 9.90 Å². The maximum atomic E-state index is 11.9. The average molecular weight is 259 g/mol. The highest BCUT2D eigenvalue weighted by atomic mass is 16.4. The Kier molecular flexibility index (Phi) is 2.72. The van der Waals surface area contributed by atoms with Gasteiger partial charge in [-0.05, 0) is 12.1 Å². The van der Waals surface area contributed by atoms with Crippen molar-refractivity contribution in [2.24, 2.45) is 0 Å². The Labute approximate surface area is 108 Å². The number of aromatic nitrogens is 2. The highest BCUT2D eigenvalue weighted by molar-refractivity contribution is 5.77. The van der Waals surface area contributed by atoms with Crippen molar-refractivity contribution >= 4 is 5.97 Å². The summed E-state index contributed by atoms with van der Waals surface area (Å²) in [5, 5.41) is 15.0. The van der Waals surface area contributed by atoms with Crippen LogP contribution >= 0.6 is 0 Å². The molecule has 0 aliphatic carbocycles. The van der Waals surface area contributed by atoms with Gasteiger partial charge in [0, 0.05) is 13.1 Å². The molecule has 1 atom stereocenters. The summed E-state index contributed by atoms with van der Waals surface area (Å²) in [6, 6.07) is 9.22. The van der Waals surface area contributed by atoms with Crippen LogP contribution < -0.4 is 10.9 Å². The number of carboxylic acids is 1. The van der Waals surface area contributed by atoms with E-state index in [1.807, 2.05) is 30.3 Å². The zero-order chi connectivity index (χ0) is 13.4. The Hall–Kier alpha value is -2.34. The second kappa shape index (κ2) is 4.40. The second-order valence-electron chi connectivity index (χ2n) is 4.50. The number of nitrogens with zero attached hydrogens (tertiary/aromatic N) is 1. The first-order valence-corrected chi connectivity index (χ1v) is 6.01. The number of aliphatic carboxylic acids is 1. The lowest BCUT2D eigenvalue weighted by Crippen LogP contribution is -2.35. The van der Waals surface area contributed by atoms with Crippen LogP contribution in [0.2, 0.25) is 0 Å². The van der Waals surface area contributed by atoms with Crippen LogP contribution in [0.15, 0.2) is 35.1 Å². The number of carbonyl (C=O) groups is 1. The first-order chi connectivity index (χ1) is 9.18. The lowest BCUT2D eigenvalue weighted by molar-refractivity contribution is -0.139. The molecule has 3 N–H and O–H groups in total. The smallest absolute Gasteiger partial charge is 0.313 e. The molecule has 0 fully saturated rings. The zero-order valence-corrected chi connectivity index (χ0v) is 10.1. The van der Waals surface area contributed by atoms with Crippen LogP contribution in [0, 0.1) is 0 Å². The Morgan fingerprint density at radius 1 is 1.32 bits per heavy atom. The average Bonchev–Trinajstić information content (AvgIpc) is 2.77. The van der Waals surface area contributed by atoms with Gasteiger partial charge in [0.25, 0.3) is 5.56 Å². The summed E-state index contributed by atoms with van der Waals surface area (Å²) in [6.45, 7) is 0.723. The molecular formula is C13H13N3O3. The van der Waals surface area contributed by atoms with E-state index in [-0.39, 0.29) is 5.56 Å². The van der Waals surface area contributed by atoms with Crippen LogP contribution in [0.25, 0.3) is 5.69 Å². The van der Waals surface area contributed by atoms with Gasteiger partial charge in [0.2, 0.25) is 0 Å². The zero-order valence-electron chi connectivity index (χ0n) is 10.1. The van der Waals surface area contributed by atoms with E-state index in [1.54, 1.807) is 4.68 Å². The maximum absolute atomic E-state index is 11.9. The van der Waals surface area contributed by atoms with E-state index in [0.717, 1.165) is 5.69 Å². The minimum Gasteiger partial charge on any atom is -0.481 e. The van der Waals surface area contributed by atoms with Crippen molar-refractivity contribution in [3.05, 3.63) is 51.9 Å². The fourth-order valence-electron chi connectivity index (χ4n) is 2.44. The van der Waals surface area contributed by atoms with Gasteiger partial charge >= 0.3 is 5.97 Å². The van der Waals surface area contributed by atoms with E-state index in [9.17, 15) is 14.7 Å². The fraction of sp³-hybridized carbons (Fsp3) is 0.231. The lowest BCUT2D eigenvalue weighted by atomic mass is 9.97. The molecule has 1 unspecified atom stereocenters. The van der Waals surface area contributed by atoms with Crippen molar-refractivity contribution in [3.8, 4) is 5.69 Å². The number of hydrogen-bond donors (Lipinski definition) is 3. The summed E-state index contributed by atoms with van der Waals surface area (Å²) in [5.74, 6) is -1.65. The van der Waals surface area contributed by atoms with Crippen molar-refractivity contribution in [3.63, 3.8) is 0 Å². The molecule has 1 aromatic heterocycles. The number of hydrogen-bond acceptors (Lipinski definition) is 3. The van der Waals surface area contributed by atoms with E-state index in [1.165, 1.54) is 0 Å². The molecule has 19 heavy (non-hydrogen) atoms. The molecule has 98 valence electrons. The van der Waals surface area contributed by atoms with Gasteiger partial charge < -0.3 is 10.4 Å². The summed E-state index contributed by atoms with van der Waals surface area (Å²) < 4.78 is 1.58. The van der Waals surface area contributed by atoms with E-state index in [2.05, 4.69) is 10.4 Å². The Balaban J connectivity index is 2.23. The molecule has 1 aliphatic rings. The minimum atomic E-state index is -0.933. The van der Waals surface area contributed by atoms with Crippen LogP contribution in [0.3, 0.4) is 0 Å². The van der Waals surface area contributed by atoms with Crippen molar-refractivity contribution in [1.82, 2.24) is 15.1 Å². The summed E-state index contributed by atoms with van der Waals surface area (Å²) in [7, 11) is 0. The molecule has 0 spiro atoms. The molecule has 1 aliphatic heterocycles. The number of fused-ring (bicyclic) bond motifs is 1. The van der Waals surface area contributed by atoms with Gasteiger partial charge in [0.15, 0.2) is 0 Å². The highest BCUT2D eigenvalue weighted by Crippen LogP contribution is 2.24. The molecule has 3 rings (SSSR count). The van der Waals surface area contributed by atoms with Crippen LogP contribution in [-0.4, -0.2) is 27.4 Å². The monoisotopic (exact) mass is 259 g/mol. The van der Waals surface area contributed by atoms with Crippen molar-refractivity contribution in [2.75, 3.05) is 6.54 Å². The quantitative estimate of drug-likeness (QED) is 0.730. The molecular weight excluding hydrogens is 246 g/mol. The number of aromatic amines is 1. The Bertz CT molecular complexity index is 672. The van der Waals surface area contributed by atoms with Crippen LogP contribution in [0.4, 0.5) is 0 Å². The topological polar surface area (TPSA) is 87.1 Å². The Morgan fingerprint density at radius 2 is 2.05 bits per heavy atom. The van der Waals surface area contributed by atoms with Crippen LogP contribution in [-0.2, 0) is 11.3 Å². The molecule has 0 saturated carbocycles. The lowest BCUT2D eigenvalue weighted by Gasteiger charge is -2.21. The van der Waals surface area contributed by atoms with E-state index in [0.29, 0.717) is 24.3 Å². The third-order valence-corrected chi connectivity index (χ3v) is 3.33. The number of nitrogens with one attached hydrogen (secondary N) is 2. The summed E-state index contributed by atoms with van der Waals surface area (Å²) in [6.07, 6.45) is 0. The number of para-hydroxylation sites is 1. The number of rotatable bonds is 2. The molecule has 0 bridgehead atoms. The number of H-pyrrole nitrogens is 1. The fourth-order valence-corrected chi connectivity index (χ4v) is 2.44. The van der Waals surface area contributed by atoms with Gasteiger partial charge in [-0.2, -0.15) is 0 Å². The molecule has 1 aromatic carbocycles. The molecule has 0 radical (unpaired) electrons. The van der Waals surface area contributed by atoms with E-state index < -0.39 is 11.9 Å². The van der Waals surface area contributed by atoms with Gasteiger partial charge in [0.1, 0.15) is 5.92 Å². The molecule has 0 amide bonds. The van der Waals surface area contributed by atoms with Crippen molar-refractivity contribution in [1.29, 1.82) is 0 Å². The van der Waals surface area contributed by atoms with Gasteiger partial charge in [-0.1, -0.05) is 18.2 Å². The summed E-state index contributed by atoms with van der Waals surface area (Å²) >= 11 is 0. The summed E-state index contributed by atoms with van der Waals surface area (Å²) in [5.41, 5.74) is 1.57. The SMILES string of the molecule is O=C(O)C1CNCc2c1n(-c1ccccc1)[nH]c2=O. The number of benzene rings is 1. The molecule has 6 nitrogen and oxygen atoms in total. The minimum absolute atomic E-state index is 0.239. The van der Waals surface area contributed by atoms with Gasteiger partial charge in [0.05, 0.1) is 16.9 Å². The summed E-state index contributed by atoms with van der Waals surface area (Å²) in [4.78, 5) is 23.3. The predicted octanol–water partition coefficient (Wildman–Crippen LogP) is 0.437. The van der Waals surface area contributed by atoms with E-state index >= 15 is 0 Å². The van der Waals surface area contributed by atoms with E-state index in [4.69, 9.17) is 0 Å². The van der Waals surface area contributed by atoms with Crippen molar-refractivity contribution in [2.45, 2.75) is 12.5 Å². The standard InChI is InChI=1S/C13H13N3O3/c17-12-9-6-14-7-10(13(18)19)11(9)16(15-12)8-4-2-1-3-5-8/h1-5,10,14H,6-7H2,(H,15,17)(H,18,19). The van der Waals surface area contributed by atoms with Gasteiger partial charge in [-0.15, -0.1) is 0 Å². The molecule has 2 aromatic rings. The first-order valence-electron chi connectivity index (χ1n) is 6.01. The highest BCUT2D eigenvalue weighted by Gasteiger charge is 2.32. The molecule has 0 saturated heterocycles. The third-order valence-electron chi connectivity index (χ3n) is 3.33. The second-order valence-corrected chi connectivity index (χ2v) is 4.50. The molecule has 2 heterocycles. The first kappa shape index (κ1) is 11.7.